The molecule has 1 aromatic rings. The van der Waals surface area contributed by atoms with Crippen molar-refractivity contribution in [2.24, 2.45) is 0 Å². The quantitative estimate of drug-likeness (QED) is 0.824. The van der Waals surface area contributed by atoms with E-state index in [9.17, 15) is 5.11 Å². The number of benzene rings is 1. The van der Waals surface area contributed by atoms with Gasteiger partial charge in [-0.2, -0.15) is 0 Å². The fraction of sp³-hybridized carbons (Fsp3) is 0.538. The summed E-state index contributed by atoms with van der Waals surface area (Å²) >= 11 is 0. The zero-order valence-corrected chi connectivity index (χ0v) is 9.15. The number of aliphatic hydroxyl groups excluding tert-OH is 1. The highest BCUT2D eigenvalue weighted by Crippen LogP contribution is 2.38. The molecule has 0 amide bonds. The van der Waals surface area contributed by atoms with Gasteiger partial charge in [0.05, 0.1) is 12.7 Å². The maximum atomic E-state index is 9.88. The third-order valence-electron chi connectivity index (χ3n) is 3.10. The van der Waals surface area contributed by atoms with Crippen LogP contribution in [0.3, 0.4) is 0 Å². The lowest BCUT2D eigenvalue weighted by atomic mass is 9.95. The molecule has 0 radical (unpaired) electrons. The lowest BCUT2D eigenvalue weighted by Crippen LogP contribution is -2.12. The van der Waals surface area contributed by atoms with Gasteiger partial charge in [-0.1, -0.05) is 24.6 Å². The Morgan fingerprint density at radius 2 is 2.13 bits per heavy atom. The van der Waals surface area contributed by atoms with Crippen LogP contribution < -0.4 is 4.74 Å². The second kappa shape index (κ2) is 4.67. The van der Waals surface area contributed by atoms with Gasteiger partial charge >= 0.3 is 0 Å². The summed E-state index contributed by atoms with van der Waals surface area (Å²) in [5.74, 6) is 1.21. The van der Waals surface area contributed by atoms with Gasteiger partial charge in [0.1, 0.15) is 5.75 Å². The lowest BCUT2D eigenvalue weighted by Gasteiger charge is -2.18. The average molecular weight is 206 g/mol. The zero-order valence-electron chi connectivity index (χ0n) is 9.15. The van der Waals surface area contributed by atoms with E-state index in [1.165, 1.54) is 5.56 Å². The molecule has 2 atom stereocenters. The van der Waals surface area contributed by atoms with Crippen LogP contribution in [0.2, 0.25) is 0 Å². The van der Waals surface area contributed by atoms with Crippen LogP contribution >= 0.6 is 0 Å². The SMILES string of the molecule is CCOc1ccccc1C1CCCC1O. The van der Waals surface area contributed by atoms with E-state index in [1.54, 1.807) is 0 Å². The minimum atomic E-state index is -0.188. The highest BCUT2D eigenvalue weighted by Gasteiger charge is 2.28. The Morgan fingerprint density at radius 3 is 2.80 bits per heavy atom. The van der Waals surface area contributed by atoms with Gasteiger partial charge in [0.25, 0.3) is 0 Å². The van der Waals surface area contributed by atoms with Crippen LogP contribution in [0.4, 0.5) is 0 Å². The van der Waals surface area contributed by atoms with Gasteiger partial charge in [0, 0.05) is 5.92 Å². The fourth-order valence-electron chi connectivity index (χ4n) is 2.38. The molecule has 2 heteroatoms. The van der Waals surface area contributed by atoms with Crippen molar-refractivity contribution in [1.29, 1.82) is 0 Å². The van der Waals surface area contributed by atoms with Crippen molar-refractivity contribution in [3.05, 3.63) is 29.8 Å². The standard InChI is InChI=1S/C13H18O2/c1-2-15-13-9-4-3-6-11(13)10-7-5-8-12(10)14/h3-4,6,9-10,12,14H,2,5,7-8H2,1H3. The molecule has 0 heterocycles. The predicted octanol–water partition coefficient (Wildman–Crippen LogP) is 2.71. The maximum Gasteiger partial charge on any atom is 0.122 e. The van der Waals surface area contributed by atoms with Gasteiger partial charge in [0.15, 0.2) is 0 Å². The first-order valence-electron chi connectivity index (χ1n) is 5.72. The molecule has 1 aliphatic carbocycles. The molecule has 0 aromatic heterocycles. The molecule has 2 unspecified atom stereocenters. The van der Waals surface area contributed by atoms with Gasteiger partial charge in [-0.25, -0.2) is 0 Å². The molecular weight excluding hydrogens is 188 g/mol. The maximum absolute atomic E-state index is 9.88. The number of hydrogen-bond acceptors (Lipinski definition) is 2. The first-order chi connectivity index (χ1) is 7.33. The Labute approximate surface area is 90.9 Å². The van der Waals surface area contributed by atoms with Gasteiger partial charge < -0.3 is 9.84 Å². The molecule has 0 aliphatic heterocycles. The van der Waals surface area contributed by atoms with Gasteiger partial charge in [0.2, 0.25) is 0 Å². The van der Waals surface area contributed by atoms with Crippen LogP contribution in [0.15, 0.2) is 24.3 Å². The number of aliphatic hydroxyl groups is 1. The molecule has 1 N–H and O–H groups in total. The minimum absolute atomic E-state index is 0.188. The van der Waals surface area contributed by atoms with E-state index < -0.39 is 0 Å². The van der Waals surface area contributed by atoms with Gasteiger partial charge in [-0.3, -0.25) is 0 Å². The van der Waals surface area contributed by atoms with Crippen LogP contribution in [-0.4, -0.2) is 17.8 Å². The summed E-state index contributed by atoms with van der Waals surface area (Å²) in [5, 5.41) is 9.88. The molecule has 15 heavy (non-hydrogen) atoms. The smallest absolute Gasteiger partial charge is 0.122 e. The first kappa shape index (κ1) is 10.5. The minimum Gasteiger partial charge on any atom is -0.494 e. The van der Waals surface area contributed by atoms with Crippen LogP contribution in [0.25, 0.3) is 0 Å². The van der Waals surface area contributed by atoms with E-state index in [0.717, 1.165) is 25.0 Å². The summed E-state index contributed by atoms with van der Waals surface area (Å²) < 4.78 is 5.59. The Balaban J connectivity index is 2.25. The number of ether oxygens (including phenoxy) is 1. The van der Waals surface area contributed by atoms with Crippen molar-refractivity contribution in [2.45, 2.75) is 38.2 Å². The average Bonchev–Trinajstić information content (AvgIpc) is 2.66. The van der Waals surface area contributed by atoms with Crippen molar-refractivity contribution < 1.29 is 9.84 Å². The van der Waals surface area contributed by atoms with Crippen molar-refractivity contribution >= 4 is 0 Å². The first-order valence-corrected chi connectivity index (χ1v) is 5.72. The molecule has 2 nitrogen and oxygen atoms in total. The van der Waals surface area contributed by atoms with E-state index in [1.807, 2.05) is 25.1 Å². The molecular formula is C13H18O2. The molecule has 0 saturated heterocycles. The van der Waals surface area contributed by atoms with E-state index in [0.29, 0.717) is 6.61 Å². The molecule has 0 bridgehead atoms. The monoisotopic (exact) mass is 206 g/mol. The highest BCUT2D eigenvalue weighted by molar-refractivity contribution is 5.37. The largest absolute Gasteiger partial charge is 0.494 e. The van der Waals surface area contributed by atoms with E-state index in [4.69, 9.17) is 4.74 Å². The summed E-state index contributed by atoms with van der Waals surface area (Å²) in [5.41, 5.74) is 1.17. The fourth-order valence-corrected chi connectivity index (χ4v) is 2.38. The van der Waals surface area contributed by atoms with E-state index >= 15 is 0 Å². The third-order valence-corrected chi connectivity index (χ3v) is 3.10. The third kappa shape index (κ3) is 2.15. The van der Waals surface area contributed by atoms with Crippen molar-refractivity contribution in [3.63, 3.8) is 0 Å². The Hall–Kier alpha value is -1.02. The van der Waals surface area contributed by atoms with Crippen molar-refractivity contribution in [2.75, 3.05) is 6.61 Å². The van der Waals surface area contributed by atoms with Crippen molar-refractivity contribution in [1.82, 2.24) is 0 Å². The van der Waals surface area contributed by atoms with E-state index in [-0.39, 0.29) is 12.0 Å². The predicted molar refractivity (Wildman–Crippen MR) is 60.2 cm³/mol. The Bertz CT molecular complexity index is 322. The van der Waals surface area contributed by atoms with Gasteiger partial charge in [-0.05, 0) is 31.4 Å². The van der Waals surface area contributed by atoms with Crippen LogP contribution in [0, 0.1) is 0 Å². The molecule has 2 rings (SSSR count). The Morgan fingerprint density at radius 1 is 1.33 bits per heavy atom. The second-order valence-corrected chi connectivity index (χ2v) is 4.08. The molecule has 1 saturated carbocycles. The second-order valence-electron chi connectivity index (χ2n) is 4.08. The number of hydrogen-bond donors (Lipinski definition) is 1. The summed E-state index contributed by atoms with van der Waals surface area (Å²) in [4.78, 5) is 0. The molecule has 1 aromatic carbocycles. The topological polar surface area (TPSA) is 29.5 Å². The Kier molecular flexibility index (Phi) is 3.27. The normalized spacial score (nSPS) is 25.5. The van der Waals surface area contributed by atoms with E-state index in [2.05, 4.69) is 6.07 Å². The van der Waals surface area contributed by atoms with Crippen molar-refractivity contribution in [3.8, 4) is 5.75 Å². The van der Waals surface area contributed by atoms with Gasteiger partial charge in [-0.15, -0.1) is 0 Å². The van der Waals surface area contributed by atoms with Crippen LogP contribution in [0.1, 0.15) is 37.7 Å². The molecule has 0 spiro atoms. The molecule has 1 fully saturated rings. The number of para-hydroxylation sites is 1. The molecule has 1 aliphatic rings. The zero-order chi connectivity index (χ0) is 10.7. The van der Waals surface area contributed by atoms with Crippen LogP contribution in [0.5, 0.6) is 5.75 Å². The summed E-state index contributed by atoms with van der Waals surface area (Å²) in [6.07, 6.45) is 2.93. The van der Waals surface area contributed by atoms with Crippen LogP contribution in [-0.2, 0) is 0 Å². The molecule has 82 valence electrons. The lowest BCUT2D eigenvalue weighted by molar-refractivity contribution is 0.162. The summed E-state index contributed by atoms with van der Waals surface area (Å²) in [6, 6.07) is 8.06. The highest BCUT2D eigenvalue weighted by atomic mass is 16.5. The summed E-state index contributed by atoms with van der Waals surface area (Å²) in [6.45, 7) is 2.67. The summed E-state index contributed by atoms with van der Waals surface area (Å²) in [7, 11) is 0. The number of rotatable bonds is 3.